The normalized spacial score (nSPS) is 11.0. The number of hydrogen-bond donors (Lipinski definition) is 2. The summed E-state index contributed by atoms with van der Waals surface area (Å²) in [5, 5.41) is 1.93. The first-order valence-corrected chi connectivity index (χ1v) is 6.96. The van der Waals surface area contributed by atoms with Crippen LogP contribution in [-0.2, 0) is 13.1 Å². The molecule has 106 valence electrons. The molecule has 2 N–H and O–H groups in total. The number of rotatable bonds is 6. The number of hydrazine groups is 2. The van der Waals surface area contributed by atoms with Gasteiger partial charge in [0.2, 0.25) is 0 Å². The van der Waals surface area contributed by atoms with E-state index in [2.05, 4.69) is 73.2 Å². The molecule has 0 radical (unpaired) electrons. The summed E-state index contributed by atoms with van der Waals surface area (Å²) in [6.45, 7) is 5.92. The van der Waals surface area contributed by atoms with Gasteiger partial charge in [-0.05, 0) is 36.1 Å². The van der Waals surface area contributed by atoms with Crippen molar-refractivity contribution in [1.82, 2.24) is 16.0 Å². The topological polar surface area (TPSA) is 27.3 Å². The van der Waals surface area contributed by atoms with E-state index in [1.807, 2.05) is 12.2 Å². The number of nitrogens with one attached hydrogen (secondary N) is 2. The molecule has 2 aromatic rings. The van der Waals surface area contributed by atoms with Gasteiger partial charge in [0.05, 0.1) is 0 Å². The summed E-state index contributed by atoms with van der Waals surface area (Å²) < 4.78 is 0. The van der Waals surface area contributed by atoms with E-state index < -0.39 is 0 Å². The summed E-state index contributed by atoms with van der Waals surface area (Å²) in [4.78, 5) is 0. The van der Waals surface area contributed by atoms with Crippen molar-refractivity contribution in [2.45, 2.75) is 26.9 Å². The second-order valence-electron chi connectivity index (χ2n) is 5.08. The molecular weight excluding hydrogens is 246 g/mol. The van der Waals surface area contributed by atoms with Crippen molar-refractivity contribution in [1.29, 1.82) is 0 Å². The molecule has 0 fully saturated rings. The van der Waals surface area contributed by atoms with Crippen LogP contribution in [0.1, 0.15) is 22.3 Å². The Balaban J connectivity index is 1.80. The summed E-state index contributed by atoms with van der Waals surface area (Å²) in [5.74, 6) is 0. The first-order chi connectivity index (χ1) is 9.66. The number of nitrogens with zero attached hydrogens (tertiary/aromatic N) is 1. The average molecular weight is 269 g/mol. The van der Waals surface area contributed by atoms with E-state index in [1.54, 1.807) is 0 Å². The zero-order valence-electron chi connectivity index (χ0n) is 12.5. The molecule has 0 saturated heterocycles. The second kappa shape index (κ2) is 7.20. The number of hydrogen-bond acceptors (Lipinski definition) is 3. The van der Waals surface area contributed by atoms with Crippen LogP contribution in [0.25, 0.3) is 0 Å². The Morgan fingerprint density at radius 1 is 0.750 bits per heavy atom. The van der Waals surface area contributed by atoms with Crippen LogP contribution in [0.15, 0.2) is 48.5 Å². The second-order valence-corrected chi connectivity index (χ2v) is 5.08. The quantitative estimate of drug-likeness (QED) is 0.790. The van der Waals surface area contributed by atoms with Gasteiger partial charge >= 0.3 is 0 Å². The van der Waals surface area contributed by atoms with Gasteiger partial charge < -0.3 is 0 Å². The molecule has 2 aromatic carbocycles. The molecule has 3 nitrogen and oxygen atoms in total. The molecule has 0 unspecified atom stereocenters. The SMILES string of the molecule is Cc1ccccc1CNN(C)NCc1ccccc1C. The van der Waals surface area contributed by atoms with Crippen LogP contribution < -0.4 is 10.9 Å². The molecule has 3 heteroatoms. The van der Waals surface area contributed by atoms with E-state index in [1.165, 1.54) is 22.3 Å². The molecule has 0 aliphatic heterocycles. The van der Waals surface area contributed by atoms with E-state index in [-0.39, 0.29) is 0 Å². The molecule has 0 saturated carbocycles. The highest BCUT2D eigenvalue weighted by atomic mass is 15.7. The third-order valence-electron chi connectivity index (χ3n) is 3.54. The van der Waals surface area contributed by atoms with Crippen LogP contribution in [0.2, 0.25) is 0 Å². The fourth-order valence-electron chi connectivity index (χ4n) is 2.08. The molecule has 0 bridgehead atoms. The molecule has 0 aromatic heterocycles. The number of benzene rings is 2. The minimum absolute atomic E-state index is 0.823. The maximum atomic E-state index is 3.35. The Kier molecular flexibility index (Phi) is 5.30. The average Bonchev–Trinajstić information content (AvgIpc) is 2.45. The first-order valence-electron chi connectivity index (χ1n) is 6.96. The van der Waals surface area contributed by atoms with Crippen molar-refractivity contribution in [3.63, 3.8) is 0 Å². The van der Waals surface area contributed by atoms with Gasteiger partial charge in [-0.25, -0.2) is 10.9 Å². The van der Waals surface area contributed by atoms with Crippen molar-refractivity contribution >= 4 is 0 Å². The van der Waals surface area contributed by atoms with Crippen molar-refractivity contribution in [3.05, 3.63) is 70.8 Å². The third-order valence-corrected chi connectivity index (χ3v) is 3.54. The Morgan fingerprint density at radius 3 is 1.55 bits per heavy atom. The summed E-state index contributed by atoms with van der Waals surface area (Å²) in [6.07, 6.45) is 0. The molecular formula is C17H23N3. The van der Waals surface area contributed by atoms with E-state index in [0.717, 1.165) is 13.1 Å². The van der Waals surface area contributed by atoms with Crippen LogP contribution in [0.5, 0.6) is 0 Å². The standard InChI is InChI=1S/C17H23N3/c1-14-8-4-6-10-16(14)12-18-20(3)19-13-17-11-7-5-9-15(17)2/h4-11,18-19H,12-13H2,1-3H3. The van der Waals surface area contributed by atoms with Crippen molar-refractivity contribution in [3.8, 4) is 0 Å². The molecule has 0 amide bonds. The largest absolute Gasteiger partial charge is 0.237 e. The number of aryl methyl sites for hydroxylation is 2. The zero-order chi connectivity index (χ0) is 14.4. The van der Waals surface area contributed by atoms with Crippen LogP contribution in [0, 0.1) is 13.8 Å². The van der Waals surface area contributed by atoms with Gasteiger partial charge in [-0.2, -0.15) is 5.12 Å². The van der Waals surface area contributed by atoms with Gasteiger partial charge in [0.25, 0.3) is 0 Å². The van der Waals surface area contributed by atoms with E-state index in [4.69, 9.17) is 0 Å². The van der Waals surface area contributed by atoms with Gasteiger partial charge in [0.15, 0.2) is 0 Å². The monoisotopic (exact) mass is 269 g/mol. The highest BCUT2D eigenvalue weighted by Gasteiger charge is 2.01. The maximum absolute atomic E-state index is 3.35. The summed E-state index contributed by atoms with van der Waals surface area (Å²) in [6, 6.07) is 16.9. The van der Waals surface area contributed by atoms with Gasteiger partial charge in [-0.15, -0.1) is 0 Å². The highest BCUT2D eigenvalue weighted by molar-refractivity contribution is 5.26. The predicted molar refractivity (Wildman–Crippen MR) is 83.8 cm³/mol. The summed E-state index contributed by atoms with van der Waals surface area (Å²) in [5.41, 5.74) is 12.0. The fourth-order valence-corrected chi connectivity index (χ4v) is 2.08. The zero-order valence-corrected chi connectivity index (χ0v) is 12.5. The predicted octanol–water partition coefficient (Wildman–Crippen LogP) is 2.94. The third kappa shape index (κ3) is 4.17. The van der Waals surface area contributed by atoms with Gasteiger partial charge in [0.1, 0.15) is 0 Å². The van der Waals surface area contributed by atoms with E-state index in [9.17, 15) is 0 Å². The summed E-state index contributed by atoms with van der Waals surface area (Å²) in [7, 11) is 2.00. The molecule has 2 rings (SSSR count). The van der Waals surface area contributed by atoms with Crippen molar-refractivity contribution < 1.29 is 0 Å². The fraction of sp³-hybridized carbons (Fsp3) is 0.294. The Labute approximate surface area is 121 Å². The first kappa shape index (κ1) is 14.7. The summed E-state index contributed by atoms with van der Waals surface area (Å²) >= 11 is 0. The molecule has 20 heavy (non-hydrogen) atoms. The lowest BCUT2D eigenvalue weighted by Crippen LogP contribution is -2.44. The lowest BCUT2D eigenvalue weighted by Gasteiger charge is -2.20. The van der Waals surface area contributed by atoms with Crippen LogP contribution >= 0.6 is 0 Å². The Morgan fingerprint density at radius 2 is 1.15 bits per heavy atom. The van der Waals surface area contributed by atoms with Crippen molar-refractivity contribution in [2.24, 2.45) is 0 Å². The lowest BCUT2D eigenvalue weighted by atomic mass is 10.1. The molecule has 0 heterocycles. The van der Waals surface area contributed by atoms with Gasteiger partial charge in [0, 0.05) is 20.1 Å². The van der Waals surface area contributed by atoms with E-state index >= 15 is 0 Å². The van der Waals surface area contributed by atoms with Crippen LogP contribution in [0.4, 0.5) is 0 Å². The van der Waals surface area contributed by atoms with Gasteiger partial charge in [-0.3, -0.25) is 0 Å². The molecule has 0 aliphatic carbocycles. The minimum Gasteiger partial charge on any atom is -0.237 e. The molecule has 0 aliphatic rings. The smallest absolute Gasteiger partial charge is 0.0369 e. The van der Waals surface area contributed by atoms with E-state index in [0.29, 0.717) is 0 Å². The molecule has 0 spiro atoms. The minimum atomic E-state index is 0.823. The van der Waals surface area contributed by atoms with Gasteiger partial charge in [-0.1, -0.05) is 48.5 Å². The highest BCUT2D eigenvalue weighted by Crippen LogP contribution is 2.07. The lowest BCUT2D eigenvalue weighted by molar-refractivity contribution is 0.146. The Hall–Kier alpha value is -1.68. The van der Waals surface area contributed by atoms with Crippen molar-refractivity contribution in [2.75, 3.05) is 7.05 Å². The maximum Gasteiger partial charge on any atom is 0.0369 e. The van der Waals surface area contributed by atoms with Crippen LogP contribution in [-0.4, -0.2) is 12.2 Å². The Bertz CT molecular complexity index is 502. The van der Waals surface area contributed by atoms with Crippen LogP contribution in [0.3, 0.4) is 0 Å². The molecule has 0 atom stereocenters.